The summed E-state index contributed by atoms with van der Waals surface area (Å²) in [4.78, 5) is 61.7. The second kappa shape index (κ2) is 18.8. The number of carbonyl (C=O) groups is 4. The maximum atomic E-state index is 14.4. The van der Waals surface area contributed by atoms with Crippen molar-refractivity contribution in [2.24, 2.45) is 11.8 Å². The van der Waals surface area contributed by atoms with E-state index in [4.69, 9.17) is 14.8 Å². The minimum atomic E-state index is -2.87. The fourth-order valence-corrected chi connectivity index (χ4v) is 10.5. The number of anilines is 2. The van der Waals surface area contributed by atoms with Crippen LogP contribution in [0, 0.1) is 18.8 Å². The fourth-order valence-electron chi connectivity index (χ4n) is 10.5. The van der Waals surface area contributed by atoms with Crippen LogP contribution in [0.3, 0.4) is 0 Å². The molecule has 2 aliphatic carbocycles. The van der Waals surface area contributed by atoms with E-state index in [0.29, 0.717) is 63.0 Å². The molecule has 350 valence electrons. The van der Waals surface area contributed by atoms with Crippen LogP contribution in [0.15, 0.2) is 42.9 Å². The number of aromatic nitrogens is 7. The molecule has 2 saturated carbocycles. The molecular weight excluding hydrogens is 851 g/mol. The van der Waals surface area contributed by atoms with E-state index in [-0.39, 0.29) is 47.0 Å². The number of fused-ring (bicyclic) bond motifs is 2. The fraction of sp³-hybridized carbons (Fsp3) is 0.574. The summed E-state index contributed by atoms with van der Waals surface area (Å²) in [6, 6.07) is 7.41. The van der Waals surface area contributed by atoms with Gasteiger partial charge in [-0.15, -0.1) is 0 Å². The Labute approximate surface area is 381 Å². The number of imide groups is 1. The molecule has 4 aromatic heterocycles. The van der Waals surface area contributed by atoms with Gasteiger partial charge in [0.2, 0.25) is 11.8 Å². The lowest BCUT2D eigenvalue weighted by Crippen LogP contribution is -2.49. The standard InChI is InChI=1S/C47H58F2N12O5/c1-29-41-31(4-2-6-37(41)61(54-29)38-13-14-40(62)53-46(38)64)5-3-25-66-34-15-18-56(19-16-34)27-30-7-11-33(12-8-30)60-28-36(42(55-60)43(48)49)51-45(63)35-26-50-59-20-17-39(52-44(35)59)57-21-23-58(24-22-57)47(65)32-9-10-32/h2,4,6,17,20,26,28,30,32-34,38,43H,3,5,7-16,18-19,21-25,27H2,1H3,(H,51,63)(H,53,62,64). The highest BCUT2D eigenvalue weighted by Gasteiger charge is 2.36. The minimum Gasteiger partial charge on any atom is -0.378 e. The summed E-state index contributed by atoms with van der Waals surface area (Å²) in [5.41, 5.74) is 3.00. The van der Waals surface area contributed by atoms with Crippen molar-refractivity contribution in [1.82, 2.24) is 49.3 Å². The Morgan fingerprint density at radius 1 is 0.939 bits per heavy atom. The molecule has 5 aromatic rings. The molecule has 66 heavy (non-hydrogen) atoms. The summed E-state index contributed by atoms with van der Waals surface area (Å²) in [5.74, 6) is 0.458. The van der Waals surface area contributed by atoms with Crippen molar-refractivity contribution >= 4 is 51.7 Å². The predicted molar refractivity (Wildman–Crippen MR) is 240 cm³/mol. The minimum absolute atomic E-state index is 0.0133. The highest BCUT2D eigenvalue weighted by Crippen LogP contribution is 2.37. The Morgan fingerprint density at radius 2 is 1.73 bits per heavy atom. The third-order valence-corrected chi connectivity index (χ3v) is 14.3. The lowest BCUT2D eigenvalue weighted by atomic mass is 9.85. The van der Waals surface area contributed by atoms with Gasteiger partial charge in [-0.25, -0.2) is 18.3 Å². The molecule has 4 amide bonds. The lowest BCUT2D eigenvalue weighted by molar-refractivity contribution is -0.136. The van der Waals surface area contributed by atoms with E-state index >= 15 is 0 Å². The monoisotopic (exact) mass is 908 g/mol. The van der Waals surface area contributed by atoms with Crippen LogP contribution in [-0.2, 0) is 25.5 Å². The smallest absolute Gasteiger partial charge is 0.284 e. The van der Waals surface area contributed by atoms with Gasteiger partial charge in [0.25, 0.3) is 18.2 Å². The number of amides is 4. The van der Waals surface area contributed by atoms with E-state index in [1.807, 2.05) is 30.0 Å². The number of rotatable bonds is 14. The topological polar surface area (TPSA) is 177 Å². The van der Waals surface area contributed by atoms with Crippen LogP contribution in [-0.4, -0.2) is 126 Å². The quantitative estimate of drug-likeness (QED) is 0.104. The Bertz CT molecular complexity index is 2600. The summed E-state index contributed by atoms with van der Waals surface area (Å²) in [5, 5.41) is 19.5. The van der Waals surface area contributed by atoms with Crippen molar-refractivity contribution in [2.45, 2.75) is 109 Å². The van der Waals surface area contributed by atoms with Gasteiger partial charge in [-0.1, -0.05) is 12.1 Å². The molecule has 5 fully saturated rings. The number of ether oxygens (including phenoxy) is 1. The van der Waals surface area contributed by atoms with Gasteiger partial charge in [0, 0.05) is 82.5 Å². The Balaban J connectivity index is 0.672. The molecule has 0 bridgehead atoms. The van der Waals surface area contributed by atoms with E-state index < -0.39 is 24.1 Å². The summed E-state index contributed by atoms with van der Waals surface area (Å²) in [6.45, 7) is 8.07. The number of halogens is 2. The zero-order chi connectivity index (χ0) is 45.5. The largest absolute Gasteiger partial charge is 0.378 e. The lowest BCUT2D eigenvalue weighted by Gasteiger charge is -2.36. The van der Waals surface area contributed by atoms with Crippen LogP contribution in [0.1, 0.15) is 116 Å². The zero-order valence-electron chi connectivity index (χ0n) is 37.4. The van der Waals surface area contributed by atoms with Crippen molar-refractivity contribution < 1.29 is 32.7 Å². The molecule has 1 atom stereocenters. The Morgan fingerprint density at radius 3 is 2.47 bits per heavy atom. The third-order valence-electron chi connectivity index (χ3n) is 14.3. The second-order valence-electron chi connectivity index (χ2n) is 18.8. The zero-order valence-corrected chi connectivity index (χ0v) is 37.4. The second-order valence-corrected chi connectivity index (χ2v) is 18.8. The number of likely N-dealkylation sites (tertiary alicyclic amines) is 1. The van der Waals surface area contributed by atoms with Crippen molar-refractivity contribution in [1.29, 1.82) is 0 Å². The Hall–Kier alpha value is -5.82. The van der Waals surface area contributed by atoms with Crippen molar-refractivity contribution in [3.63, 3.8) is 0 Å². The molecule has 2 N–H and O–H groups in total. The molecule has 1 unspecified atom stereocenters. The molecule has 3 saturated heterocycles. The number of nitrogens with zero attached hydrogens (tertiary/aromatic N) is 10. The van der Waals surface area contributed by atoms with E-state index in [1.165, 1.54) is 16.3 Å². The molecule has 1 aromatic carbocycles. The van der Waals surface area contributed by atoms with Gasteiger partial charge in [-0.2, -0.15) is 15.3 Å². The summed E-state index contributed by atoms with van der Waals surface area (Å²) < 4.78 is 40.0. The van der Waals surface area contributed by atoms with E-state index in [1.54, 1.807) is 21.8 Å². The molecule has 17 nitrogen and oxygen atoms in total. The van der Waals surface area contributed by atoms with Gasteiger partial charge < -0.3 is 24.8 Å². The molecule has 5 aliphatic rings. The summed E-state index contributed by atoms with van der Waals surface area (Å²) >= 11 is 0. The number of hydrogen-bond donors (Lipinski definition) is 2. The van der Waals surface area contributed by atoms with Gasteiger partial charge in [0.1, 0.15) is 17.4 Å². The molecule has 7 heterocycles. The van der Waals surface area contributed by atoms with E-state index in [0.717, 1.165) is 100 Å². The van der Waals surface area contributed by atoms with Gasteiger partial charge in [-0.05, 0) is 101 Å². The van der Waals surface area contributed by atoms with Gasteiger partial charge >= 0.3 is 0 Å². The predicted octanol–water partition coefficient (Wildman–Crippen LogP) is 5.66. The van der Waals surface area contributed by atoms with Crippen molar-refractivity contribution in [3.05, 3.63) is 65.4 Å². The van der Waals surface area contributed by atoms with Gasteiger partial charge in [0.15, 0.2) is 11.3 Å². The van der Waals surface area contributed by atoms with Gasteiger partial charge in [-0.3, -0.25) is 33.9 Å². The first-order valence-electron chi connectivity index (χ1n) is 23.8. The average molecular weight is 909 g/mol. The number of benzene rings is 1. The number of hydrogen-bond acceptors (Lipinski definition) is 11. The highest BCUT2D eigenvalue weighted by atomic mass is 19.3. The summed E-state index contributed by atoms with van der Waals surface area (Å²) in [6.07, 6.45) is 12.0. The molecule has 19 heteroatoms. The SMILES string of the molecule is Cc1nn(C2CCC(=O)NC2=O)c2cccc(CCCOC3CCN(CC4CCC(n5cc(NC(=O)c6cnn7ccc(N8CCN(C(=O)C9CC9)CC8)nc67)c(C(F)F)n5)CC4)CC3)c12. The number of aryl methyl sites for hydroxylation is 2. The maximum Gasteiger partial charge on any atom is 0.284 e. The number of nitrogens with one attached hydrogen (secondary N) is 2. The van der Waals surface area contributed by atoms with Crippen LogP contribution >= 0.6 is 0 Å². The average Bonchev–Trinajstić information content (AvgIpc) is 3.81. The third kappa shape index (κ3) is 9.28. The summed E-state index contributed by atoms with van der Waals surface area (Å²) in [7, 11) is 0. The first kappa shape index (κ1) is 44.0. The van der Waals surface area contributed by atoms with Crippen molar-refractivity contribution in [2.75, 3.05) is 62.6 Å². The molecule has 0 radical (unpaired) electrons. The molecule has 3 aliphatic heterocycles. The molecular formula is C47H58F2N12O5. The maximum absolute atomic E-state index is 14.4. The normalized spacial score (nSPS) is 22.5. The van der Waals surface area contributed by atoms with E-state index in [9.17, 15) is 28.0 Å². The number of piperazine rings is 1. The molecule has 0 spiro atoms. The molecule has 10 rings (SSSR count). The first-order chi connectivity index (χ1) is 32.1. The van der Waals surface area contributed by atoms with Crippen LogP contribution in [0.5, 0.6) is 0 Å². The number of piperidine rings is 2. The van der Waals surface area contributed by atoms with Crippen LogP contribution in [0.2, 0.25) is 0 Å². The van der Waals surface area contributed by atoms with E-state index in [2.05, 4.69) is 36.7 Å². The first-order valence-corrected chi connectivity index (χ1v) is 23.8. The number of alkyl halides is 2. The van der Waals surface area contributed by atoms with Crippen LogP contribution < -0.4 is 15.5 Å². The van der Waals surface area contributed by atoms with Gasteiger partial charge in [0.05, 0.1) is 35.2 Å². The highest BCUT2D eigenvalue weighted by molar-refractivity contribution is 6.08. The van der Waals surface area contributed by atoms with Crippen molar-refractivity contribution in [3.8, 4) is 0 Å². The van der Waals surface area contributed by atoms with Crippen LogP contribution in [0.4, 0.5) is 20.3 Å². The van der Waals surface area contributed by atoms with Crippen LogP contribution in [0.25, 0.3) is 16.6 Å². The number of carbonyl (C=O) groups excluding carboxylic acids is 4. The Kier molecular flexibility index (Phi) is 12.6.